The number of carbonyl (C=O) groups is 1. The Balaban J connectivity index is 2.26. The average Bonchev–Trinajstić information content (AvgIpc) is 2.78. The normalized spacial score (nSPS) is 12.3. The smallest absolute Gasteiger partial charge is 0.313 e. The SMILES string of the molecule is Cc1cn(C(C)c2ccccn2)c(SCC(=O)O)n1. The molecule has 2 heterocycles. The first-order valence-electron chi connectivity index (χ1n) is 5.89. The Morgan fingerprint density at radius 2 is 2.32 bits per heavy atom. The Bertz CT molecular complexity index is 569. The number of carboxylic acid groups (broad SMARTS) is 1. The fraction of sp³-hybridized carbons (Fsp3) is 0.308. The van der Waals surface area contributed by atoms with Gasteiger partial charge in [0.05, 0.1) is 23.2 Å². The minimum atomic E-state index is -0.845. The second-order valence-electron chi connectivity index (χ2n) is 4.19. The maximum Gasteiger partial charge on any atom is 0.313 e. The van der Waals surface area contributed by atoms with Crippen LogP contribution in [0.5, 0.6) is 0 Å². The molecule has 100 valence electrons. The van der Waals surface area contributed by atoms with E-state index in [0.717, 1.165) is 11.4 Å². The van der Waals surface area contributed by atoms with Crippen molar-refractivity contribution in [3.8, 4) is 0 Å². The summed E-state index contributed by atoms with van der Waals surface area (Å²) in [6, 6.07) is 5.78. The van der Waals surface area contributed by atoms with Crippen LogP contribution in [0.1, 0.15) is 24.4 Å². The lowest BCUT2D eigenvalue weighted by Gasteiger charge is -2.15. The average molecular weight is 277 g/mol. The van der Waals surface area contributed by atoms with Crippen molar-refractivity contribution in [3.05, 3.63) is 42.0 Å². The number of imidazole rings is 1. The second-order valence-corrected chi connectivity index (χ2v) is 5.13. The lowest BCUT2D eigenvalue weighted by atomic mass is 10.2. The zero-order valence-corrected chi connectivity index (χ0v) is 11.6. The monoisotopic (exact) mass is 277 g/mol. The van der Waals surface area contributed by atoms with E-state index < -0.39 is 5.97 Å². The van der Waals surface area contributed by atoms with Crippen molar-refractivity contribution in [2.75, 3.05) is 5.75 Å². The standard InChI is InChI=1S/C13H15N3O2S/c1-9-7-16(13(15-9)19-8-12(17)18)10(2)11-5-3-4-6-14-11/h3-7,10H,8H2,1-2H3,(H,17,18). The molecule has 19 heavy (non-hydrogen) atoms. The number of pyridine rings is 1. The number of aliphatic carboxylic acids is 1. The number of hydrogen-bond acceptors (Lipinski definition) is 4. The van der Waals surface area contributed by atoms with E-state index in [1.165, 1.54) is 11.8 Å². The molecule has 0 aromatic carbocycles. The zero-order valence-electron chi connectivity index (χ0n) is 10.8. The lowest BCUT2D eigenvalue weighted by molar-refractivity contribution is -0.133. The summed E-state index contributed by atoms with van der Waals surface area (Å²) in [4.78, 5) is 19.4. The van der Waals surface area contributed by atoms with Gasteiger partial charge in [0.15, 0.2) is 5.16 Å². The molecule has 0 bridgehead atoms. The molecule has 0 aliphatic heterocycles. The number of aromatic nitrogens is 3. The van der Waals surface area contributed by atoms with Crippen molar-refractivity contribution in [2.45, 2.75) is 25.0 Å². The number of nitrogens with zero attached hydrogens (tertiary/aromatic N) is 3. The second kappa shape index (κ2) is 5.88. The molecule has 1 unspecified atom stereocenters. The van der Waals surface area contributed by atoms with Crippen molar-refractivity contribution in [3.63, 3.8) is 0 Å². The van der Waals surface area contributed by atoms with Crippen LogP contribution in [0.3, 0.4) is 0 Å². The number of aryl methyl sites for hydroxylation is 1. The number of rotatable bonds is 5. The van der Waals surface area contributed by atoms with E-state index in [-0.39, 0.29) is 11.8 Å². The van der Waals surface area contributed by atoms with Gasteiger partial charge >= 0.3 is 5.97 Å². The molecule has 0 fully saturated rings. The van der Waals surface area contributed by atoms with Crippen LogP contribution < -0.4 is 0 Å². The molecule has 0 radical (unpaired) electrons. The van der Waals surface area contributed by atoms with E-state index in [2.05, 4.69) is 9.97 Å². The highest BCUT2D eigenvalue weighted by atomic mass is 32.2. The molecule has 0 amide bonds. The van der Waals surface area contributed by atoms with Crippen LogP contribution in [0.15, 0.2) is 35.7 Å². The summed E-state index contributed by atoms with van der Waals surface area (Å²) in [6.45, 7) is 3.92. The minimum absolute atomic E-state index is 0.00535. The summed E-state index contributed by atoms with van der Waals surface area (Å²) in [5.74, 6) is -0.839. The maximum absolute atomic E-state index is 10.7. The molecule has 1 atom stereocenters. The molecular formula is C13H15N3O2S. The van der Waals surface area contributed by atoms with Gasteiger partial charge in [-0.25, -0.2) is 4.98 Å². The highest BCUT2D eigenvalue weighted by Gasteiger charge is 2.15. The van der Waals surface area contributed by atoms with Crippen molar-refractivity contribution < 1.29 is 9.90 Å². The van der Waals surface area contributed by atoms with Crippen molar-refractivity contribution in [2.24, 2.45) is 0 Å². The van der Waals surface area contributed by atoms with Crippen LogP contribution in [0.4, 0.5) is 0 Å². The predicted octanol–water partition coefficient (Wildman–Crippen LogP) is 2.37. The van der Waals surface area contributed by atoms with E-state index in [4.69, 9.17) is 5.11 Å². The molecule has 0 saturated carbocycles. The van der Waals surface area contributed by atoms with Gasteiger partial charge in [-0.05, 0) is 26.0 Å². The Kier molecular flexibility index (Phi) is 4.21. The summed E-state index contributed by atoms with van der Waals surface area (Å²) in [6.07, 6.45) is 3.67. The van der Waals surface area contributed by atoms with Crippen LogP contribution in [-0.4, -0.2) is 31.4 Å². The third kappa shape index (κ3) is 3.35. The minimum Gasteiger partial charge on any atom is -0.481 e. The first kappa shape index (κ1) is 13.6. The van der Waals surface area contributed by atoms with Gasteiger partial charge in [-0.15, -0.1) is 0 Å². The number of hydrogen-bond donors (Lipinski definition) is 1. The van der Waals surface area contributed by atoms with Crippen LogP contribution in [0.25, 0.3) is 0 Å². The molecule has 0 aliphatic carbocycles. The van der Waals surface area contributed by atoms with Crippen LogP contribution in [-0.2, 0) is 4.79 Å². The molecule has 2 aromatic heterocycles. The van der Waals surface area contributed by atoms with E-state index in [0.29, 0.717) is 5.16 Å². The van der Waals surface area contributed by atoms with Gasteiger partial charge in [0.1, 0.15) is 0 Å². The Morgan fingerprint density at radius 1 is 1.53 bits per heavy atom. The van der Waals surface area contributed by atoms with Gasteiger partial charge in [-0.2, -0.15) is 0 Å². The quantitative estimate of drug-likeness (QED) is 0.850. The largest absolute Gasteiger partial charge is 0.481 e. The van der Waals surface area contributed by atoms with Crippen LogP contribution >= 0.6 is 11.8 Å². The summed E-state index contributed by atoms with van der Waals surface area (Å²) < 4.78 is 1.96. The molecule has 0 spiro atoms. The van der Waals surface area contributed by atoms with Crippen molar-refractivity contribution in [1.29, 1.82) is 0 Å². The number of thioether (sulfide) groups is 1. The topological polar surface area (TPSA) is 68.0 Å². The van der Waals surface area contributed by atoms with Gasteiger partial charge in [-0.3, -0.25) is 9.78 Å². The third-order valence-electron chi connectivity index (χ3n) is 2.68. The molecule has 0 aliphatic rings. The van der Waals surface area contributed by atoms with Crippen LogP contribution in [0, 0.1) is 6.92 Å². The predicted molar refractivity (Wildman–Crippen MR) is 73.4 cm³/mol. The highest BCUT2D eigenvalue weighted by molar-refractivity contribution is 7.99. The van der Waals surface area contributed by atoms with Crippen molar-refractivity contribution in [1.82, 2.24) is 14.5 Å². The summed E-state index contributed by atoms with van der Waals surface area (Å²) >= 11 is 1.22. The van der Waals surface area contributed by atoms with E-state index in [1.807, 2.05) is 42.8 Å². The third-order valence-corrected chi connectivity index (χ3v) is 3.63. The van der Waals surface area contributed by atoms with Gasteiger partial charge in [-0.1, -0.05) is 17.8 Å². The van der Waals surface area contributed by atoms with Gasteiger partial charge < -0.3 is 9.67 Å². The molecule has 6 heteroatoms. The fourth-order valence-electron chi connectivity index (χ4n) is 1.77. The number of carboxylic acids is 1. The molecule has 0 saturated heterocycles. The van der Waals surface area contributed by atoms with Gasteiger partial charge in [0, 0.05) is 12.4 Å². The molecule has 5 nitrogen and oxygen atoms in total. The van der Waals surface area contributed by atoms with Crippen molar-refractivity contribution >= 4 is 17.7 Å². The summed E-state index contributed by atoms with van der Waals surface area (Å²) in [5.41, 5.74) is 1.80. The first-order valence-corrected chi connectivity index (χ1v) is 6.87. The lowest BCUT2D eigenvalue weighted by Crippen LogP contribution is -2.09. The Hall–Kier alpha value is -1.82. The van der Waals surface area contributed by atoms with Gasteiger partial charge in [0.25, 0.3) is 0 Å². The van der Waals surface area contributed by atoms with E-state index in [1.54, 1.807) is 6.20 Å². The Labute approximate surface area is 115 Å². The molecular weight excluding hydrogens is 262 g/mol. The fourth-order valence-corrected chi connectivity index (χ4v) is 2.59. The van der Waals surface area contributed by atoms with E-state index in [9.17, 15) is 4.79 Å². The summed E-state index contributed by atoms with van der Waals surface area (Å²) in [5, 5.41) is 9.46. The molecule has 2 aromatic rings. The zero-order chi connectivity index (χ0) is 13.8. The Morgan fingerprint density at radius 3 is 2.95 bits per heavy atom. The first-order chi connectivity index (χ1) is 9.08. The maximum atomic E-state index is 10.7. The van der Waals surface area contributed by atoms with Crippen LogP contribution in [0.2, 0.25) is 0 Å². The highest BCUT2D eigenvalue weighted by Crippen LogP contribution is 2.24. The van der Waals surface area contributed by atoms with E-state index >= 15 is 0 Å². The molecule has 1 N–H and O–H groups in total. The molecule has 2 rings (SSSR count). The van der Waals surface area contributed by atoms with Gasteiger partial charge in [0.2, 0.25) is 0 Å². The summed E-state index contributed by atoms with van der Waals surface area (Å²) in [7, 11) is 0.